The van der Waals surface area contributed by atoms with E-state index < -0.39 is 19.0 Å². The van der Waals surface area contributed by atoms with E-state index in [0.29, 0.717) is 0 Å². The summed E-state index contributed by atoms with van der Waals surface area (Å²) < 4.78 is 23.3. The van der Waals surface area contributed by atoms with Gasteiger partial charge in [0, 0.05) is 0 Å². The van der Waals surface area contributed by atoms with Crippen molar-refractivity contribution in [1.82, 2.24) is 4.90 Å². The first-order chi connectivity index (χ1) is 5.22. The minimum absolute atomic E-state index is 0.498. The van der Waals surface area contributed by atoms with Crippen molar-refractivity contribution in [3.05, 3.63) is 6.54 Å². The van der Waals surface area contributed by atoms with Crippen molar-refractivity contribution in [2.45, 2.75) is 12.5 Å². The second-order valence-corrected chi connectivity index (χ2v) is 1.89. The van der Waals surface area contributed by atoms with Gasteiger partial charge in [0.1, 0.15) is 6.54 Å². The van der Waals surface area contributed by atoms with E-state index in [2.05, 4.69) is 17.9 Å². The Morgan fingerprint density at radius 2 is 2.45 bits per heavy atom. The van der Waals surface area contributed by atoms with Gasteiger partial charge in [-0.25, -0.2) is 13.8 Å². The largest absolute Gasteiger partial charge is 0.334 e. The number of hydrogen-bond donors (Lipinski definition) is 0. The molecule has 5 heteroatoms. The van der Waals surface area contributed by atoms with Crippen molar-refractivity contribution in [3.63, 3.8) is 0 Å². The van der Waals surface area contributed by atoms with Gasteiger partial charge in [0.25, 0.3) is 6.43 Å². The summed E-state index contributed by atoms with van der Waals surface area (Å²) in [6.07, 6.45) is -0.222. The summed E-state index contributed by atoms with van der Waals surface area (Å²) in [5.74, 6) is 0. The molecule has 1 aliphatic heterocycles. The molecular formula is C6H4F2N3. The highest BCUT2D eigenvalue weighted by atomic mass is 19.3. The quantitative estimate of drug-likeness (QED) is 0.580. The van der Waals surface area contributed by atoms with Gasteiger partial charge in [-0.1, -0.05) is 0 Å². The molecule has 0 bridgehead atoms. The molecule has 3 radical (unpaired) electrons. The summed E-state index contributed by atoms with van der Waals surface area (Å²) in [6.45, 7) is 1.89. The number of nitrogens with zero attached hydrogens (tertiary/aromatic N) is 3. The van der Waals surface area contributed by atoms with Gasteiger partial charge >= 0.3 is 0 Å². The van der Waals surface area contributed by atoms with E-state index in [-0.39, 0.29) is 0 Å². The number of nitriles is 1. The Balaban J connectivity index is 2.33. The Hall–Kier alpha value is -1.18. The van der Waals surface area contributed by atoms with Gasteiger partial charge in [-0.05, 0) is 0 Å². The van der Waals surface area contributed by atoms with Gasteiger partial charge in [0.2, 0.25) is 0 Å². The highest BCUT2D eigenvalue weighted by Gasteiger charge is 2.21. The lowest BCUT2D eigenvalue weighted by Gasteiger charge is -2.09. The molecule has 0 amide bonds. The Labute approximate surface area is 62.9 Å². The fourth-order valence-electron chi connectivity index (χ4n) is 0.622. The van der Waals surface area contributed by atoms with E-state index in [1.807, 2.05) is 0 Å². The summed E-state index contributed by atoms with van der Waals surface area (Å²) in [4.78, 5) is 4.43. The standard InChI is InChI=1S/C6H4F2N3/c7-6(8)3-11-2-5(1-9)10-4-11/h5-6H,3H2. The highest BCUT2D eigenvalue weighted by Crippen LogP contribution is 2.09. The summed E-state index contributed by atoms with van der Waals surface area (Å²) in [6, 6.07) is 0.971. The van der Waals surface area contributed by atoms with Crippen LogP contribution >= 0.6 is 0 Å². The van der Waals surface area contributed by atoms with Gasteiger partial charge in [0.05, 0.1) is 12.6 Å². The average molecular weight is 156 g/mol. The molecule has 1 heterocycles. The van der Waals surface area contributed by atoms with E-state index in [0.717, 1.165) is 4.90 Å². The van der Waals surface area contributed by atoms with Crippen LogP contribution in [-0.2, 0) is 0 Å². The molecule has 0 saturated heterocycles. The van der Waals surface area contributed by atoms with Gasteiger partial charge < -0.3 is 4.90 Å². The number of alkyl halides is 2. The van der Waals surface area contributed by atoms with Crippen LogP contribution in [0.25, 0.3) is 0 Å². The summed E-state index contributed by atoms with van der Waals surface area (Å²) in [5, 5.41) is 8.26. The molecule has 0 aromatic heterocycles. The zero-order valence-corrected chi connectivity index (χ0v) is 5.46. The van der Waals surface area contributed by atoms with E-state index >= 15 is 0 Å². The van der Waals surface area contributed by atoms with Gasteiger partial charge in [-0.2, -0.15) is 5.26 Å². The van der Waals surface area contributed by atoms with Crippen molar-refractivity contribution < 1.29 is 8.78 Å². The predicted octanol–water partition coefficient (Wildman–Crippen LogP) is 0.403. The number of halogens is 2. The molecule has 1 atom stereocenters. The fourth-order valence-corrected chi connectivity index (χ4v) is 0.622. The van der Waals surface area contributed by atoms with E-state index in [1.54, 1.807) is 6.07 Å². The number of rotatable bonds is 2. The van der Waals surface area contributed by atoms with Crippen LogP contribution in [0.5, 0.6) is 0 Å². The van der Waals surface area contributed by atoms with Crippen LogP contribution in [0.4, 0.5) is 8.78 Å². The molecular weight excluding hydrogens is 152 g/mol. The van der Waals surface area contributed by atoms with Crippen LogP contribution in [-0.4, -0.2) is 30.3 Å². The normalized spacial score (nSPS) is 22.7. The minimum Gasteiger partial charge on any atom is -0.334 e. The maximum Gasteiger partial charge on any atom is 0.255 e. The maximum absolute atomic E-state index is 11.7. The molecule has 1 aliphatic rings. The monoisotopic (exact) mass is 156 g/mol. The molecule has 57 valence electrons. The Morgan fingerprint density at radius 3 is 2.91 bits per heavy atom. The SMILES string of the molecule is N#CC1[C]N(CC(F)F)[C]=N1. The van der Waals surface area contributed by atoms with Crippen molar-refractivity contribution in [3.8, 4) is 6.07 Å². The zero-order valence-electron chi connectivity index (χ0n) is 5.46. The van der Waals surface area contributed by atoms with Crippen LogP contribution in [0, 0.1) is 17.9 Å². The molecule has 0 spiro atoms. The molecule has 3 nitrogen and oxygen atoms in total. The van der Waals surface area contributed by atoms with Gasteiger partial charge in [0.15, 0.2) is 12.4 Å². The molecule has 1 rings (SSSR count). The second kappa shape index (κ2) is 3.28. The zero-order chi connectivity index (χ0) is 8.27. The van der Waals surface area contributed by atoms with Crippen LogP contribution in [0.2, 0.25) is 0 Å². The van der Waals surface area contributed by atoms with E-state index in [4.69, 9.17) is 5.26 Å². The third kappa shape index (κ3) is 2.15. The fraction of sp³-hybridized carbons (Fsp3) is 0.500. The lowest BCUT2D eigenvalue weighted by atomic mass is 10.3. The van der Waals surface area contributed by atoms with Crippen LogP contribution in [0.15, 0.2) is 4.99 Å². The molecule has 0 aromatic carbocycles. The Kier molecular flexibility index (Phi) is 2.36. The second-order valence-electron chi connectivity index (χ2n) is 1.89. The Bertz CT molecular complexity index is 196. The summed E-state index contributed by atoms with van der Waals surface area (Å²) >= 11 is 0. The first kappa shape index (κ1) is 7.92. The lowest BCUT2D eigenvalue weighted by Crippen LogP contribution is -2.23. The van der Waals surface area contributed by atoms with Crippen LogP contribution < -0.4 is 0 Å². The van der Waals surface area contributed by atoms with Gasteiger partial charge in [-0.3, -0.25) is 0 Å². The third-order valence-corrected chi connectivity index (χ3v) is 1.03. The Morgan fingerprint density at radius 1 is 1.73 bits per heavy atom. The van der Waals surface area contributed by atoms with Crippen LogP contribution in [0.1, 0.15) is 0 Å². The number of hydrogen-bond acceptors (Lipinski definition) is 3. The van der Waals surface area contributed by atoms with Crippen LogP contribution in [0.3, 0.4) is 0 Å². The minimum atomic E-state index is -2.46. The molecule has 1 unspecified atom stereocenters. The first-order valence-corrected chi connectivity index (χ1v) is 2.89. The number of aliphatic imine (C=N–C) groups is 1. The highest BCUT2D eigenvalue weighted by molar-refractivity contribution is 5.60. The maximum atomic E-state index is 11.7. The summed E-state index contributed by atoms with van der Waals surface area (Å²) in [7, 11) is 0. The topological polar surface area (TPSA) is 39.4 Å². The molecule has 0 aliphatic carbocycles. The first-order valence-electron chi connectivity index (χ1n) is 2.89. The lowest BCUT2D eigenvalue weighted by molar-refractivity contribution is 0.126. The average Bonchev–Trinajstić information content (AvgIpc) is 2.34. The smallest absolute Gasteiger partial charge is 0.255 e. The molecule has 0 N–H and O–H groups in total. The third-order valence-electron chi connectivity index (χ3n) is 1.03. The van der Waals surface area contributed by atoms with E-state index in [9.17, 15) is 8.78 Å². The van der Waals surface area contributed by atoms with Crippen molar-refractivity contribution in [1.29, 1.82) is 5.26 Å². The molecule has 0 fully saturated rings. The van der Waals surface area contributed by atoms with Crippen molar-refractivity contribution >= 4 is 6.34 Å². The molecule has 0 saturated carbocycles. The van der Waals surface area contributed by atoms with Crippen molar-refractivity contribution in [2.75, 3.05) is 6.54 Å². The summed E-state index contributed by atoms with van der Waals surface area (Å²) in [5.41, 5.74) is 0. The van der Waals surface area contributed by atoms with Gasteiger partial charge in [-0.15, -0.1) is 0 Å². The molecule has 0 aromatic rings. The predicted molar refractivity (Wildman–Crippen MR) is 32.8 cm³/mol. The van der Waals surface area contributed by atoms with Crippen molar-refractivity contribution in [2.24, 2.45) is 4.99 Å². The molecule has 11 heavy (non-hydrogen) atoms. The van der Waals surface area contributed by atoms with E-state index in [1.165, 1.54) is 0 Å².